The number of rotatable bonds is 13. The van der Waals surface area contributed by atoms with Crippen molar-refractivity contribution < 1.29 is 33.2 Å². The molecule has 49 heavy (non-hydrogen) atoms. The molecule has 266 valence electrons. The van der Waals surface area contributed by atoms with E-state index in [1.54, 1.807) is 39.8 Å². The molecule has 4 heterocycles. The summed E-state index contributed by atoms with van der Waals surface area (Å²) in [5.74, 6) is -0.276. The van der Waals surface area contributed by atoms with E-state index in [0.717, 1.165) is 0 Å². The van der Waals surface area contributed by atoms with Crippen LogP contribution in [0.5, 0.6) is 0 Å². The highest BCUT2D eigenvalue weighted by molar-refractivity contribution is 7.91. The number of hydroxylamine groups is 1. The molecular formula is C31H43N8O7PS2. The first-order valence-electron chi connectivity index (χ1n) is 16.5. The Bertz CT molecular complexity index is 1730. The molecular weight excluding hydrogens is 691 g/mol. The average molecular weight is 736 g/mol. The zero-order valence-corrected chi connectivity index (χ0v) is 30.4. The Kier molecular flexibility index (Phi) is 11.8. The minimum absolute atomic E-state index is 0.0220. The van der Waals surface area contributed by atoms with E-state index < -0.39 is 42.9 Å². The number of sulfone groups is 1. The van der Waals surface area contributed by atoms with Crippen LogP contribution in [0.4, 0.5) is 5.82 Å². The lowest BCUT2D eigenvalue weighted by Crippen LogP contribution is -2.47. The summed E-state index contributed by atoms with van der Waals surface area (Å²) in [5.41, 5.74) is 3.98. The van der Waals surface area contributed by atoms with Crippen LogP contribution >= 0.6 is 20.7 Å². The Morgan fingerprint density at radius 2 is 1.90 bits per heavy atom. The van der Waals surface area contributed by atoms with Crippen LogP contribution in [0.25, 0.3) is 11.2 Å². The van der Waals surface area contributed by atoms with Crippen molar-refractivity contribution in [1.29, 1.82) is 0 Å². The number of anilines is 1. The van der Waals surface area contributed by atoms with Crippen molar-refractivity contribution in [2.75, 3.05) is 36.5 Å². The zero-order valence-electron chi connectivity index (χ0n) is 28.8. The summed E-state index contributed by atoms with van der Waals surface area (Å²) in [5, 5.41) is 2.88. The van der Waals surface area contributed by atoms with Gasteiger partial charge in [0, 0.05) is 38.7 Å². The van der Waals surface area contributed by atoms with Gasteiger partial charge in [0.15, 0.2) is 39.2 Å². The molecule has 5 atom stereocenters. The van der Waals surface area contributed by atoms with Gasteiger partial charge < -0.3 is 24.2 Å². The van der Waals surface area contributed by atoms with Crippen LogP contribution in [-0.2, 0) is 28.5 Å². The Labute approximate surface area is 294 Å². The highest BCUT2D eigenvalue weighted by atomic mass is 32.2. The molecule has 2 fully saturated rings. The number of fused-ring (bicyclic) bond motifs is 1. The van der Waals surface area contributed by atoms with E-state index >= 15 is 0 Å². The van der Waals surface area contributed by atoms with Crippen LogP contribution in [0.2, 0.25) is 0 Å². The topological polar surface area (TPSA) is 162 Å². The molecule has 0 radical (unpaired) electrons. The monoisotopic (exact) mass is 735 g/mol. The van der Waals surface area contributed by atoms with E-state index in [1.165, 1.54) is 12.7 Å². The SMILES string of the molecule is [2H]C[C@H]1O[C@@H](n2cnc3c(NC(=O)c4ccccc4)ncnc32)[C@@H](OC(=S)N2CCS(=O)(=O)CC2)C1OP(ONCC=C)N(C(C)C)C(C)C. The molecule has 1 aromatic carbocycles. The summed E-state index contributed by atoms with van der Waals surface area (Å²) in [6, 6.07) is 8.76. The molecule has 2 aliphatic heterocycles. The Hall–Kier alpha value is -3.15. The van der Waals surface area contributed by atoms with Gasteiger partial charge in [-0.25, -0.2) is 32.7 Å². The summed E-state index contributed by atoms with van der Waals surface area (Å²) in [6.45, 7) is 12.4. The third kappa shape index (κ3) is 8.78. The first-order valence-corrected chi connectivity index (χ1v) is 19.2. The predicted molar refractivity (Wildman–Crippen MR) is 190 cm³/mol. The number of hydrogen-bond acceptors (Lipinski definition) is 13. The number of nitrogens with one attached hydrogen (secondary N) is 2. The number of amides is 1. The summed E-state index contributed by atoms with van der Waals surface area (Å²) in [4.78, 5) is 28.0. The van der Waals surface area contributed by atoms with Crippen molar-refractivity contribution in [3.63, 3.8) is 0 Å². The molecule has 15 nitrogen and oxygen atoms in total. The molecule has 1 amide bonds. The maximum Gasteiger partial charge on any atom is 0.277 e. The van der Waals surface area contributed by atoms with E-state index in [4.69, 9.17) is 32.2 Å². The second-order valence-corrected chi connectivity index (χ2v) is 16.0. The summed E-state index contributed by atoms with van der Waals surface area (Å²) >= 11 is 5.73. The molecule has 2 unspecified atom stereocenters. The minimum Gasteiger partial charge on any atom is -0.460 e. The number of nitrogens with zero attached hydrogens (tertiary/aromatic N) is 6. The van der Waals surface area contributed by atoms with Gasteiger partial charge in [0.2, 0.25) is 0 Å². The normalized spacial score (nSPS) is 23.2. The Morgan fingerprint density at radius 1 is 1.18 bits per heavy atom. The van der Waals surface area contributed by atoms with Crippen LogP contribution in [-0.4, -0.2) is 110 Å². The lowest BCUT2D eigenvalue weighted by molar-refractivity contribution is -0.0285. The molecule has 0 bridgehead atoms. The molecule has 2 aromatic heterocycles. The van der Waals surface area contributed by atoms with Gasteiger partial charge in [-0.15, -0.1) is 6.58 Å². The minimum atomic E-state index is -3.17. The number of carbonyl (C=O) groups is 1. The van der Waals surface area contributed by atoms with Gasteiger partial charge in [0.05, 0.1) is 23.9 Å². The van der Waals surface area contributed by atoms with Crippen molar-refractivity contribution in [2.24, 2.45) is 0 Å². The lowest BCUT2D eigenvalue weighted by Gasteiger charge is -2.38. The molecule has 2 aliphatic rings. The molecule has 18 heteroatoms. The van der Waals surface area contributed by atoms with Crippen LogP contribution in [0, 0.1) is 0 Å². The van der Waals surface area contributed by atoms with Gasteiger partial charge in [0.1, 0.15) is 12.4 Å². The molecule has 0 aliphatic carbocycles. The van der Waals surface area contributed by atoms with Crippen molar-refractivity contribution in [3.8, 4) is 0 Å². The second-order valence-electron chi connectivity index (χ2n) is 12.0. The summed E-state index contributed by atoms with van der Waals surface area (Å²) in [6.07, 6.45) is 0.872. The van der Waals surface area contributed by atoms with Crippen LogP contribution < -0.4 is 10.8 Å². The quantitative estimate of drug-likeness (QED) is 0.0857. The van der Waals surface area contributed by atoms with E-state index in [9.17, 15) is 13.2 Å². The number of ether oxygens (including phenoxy) is 2. The van der Waals surface area contributed by atoms with Gasteiger partial charge in [0.25, 0.3) is 19.6 Å². The Morgan fingerprint density at radius 3 is 2.55 bits per heavy atom. The molecule has 0 saturated carbocycles. The first-order chi connectivity index (χ1) is 23.9. The van der Waals surface area contributed by atoms with Crippen LogP contribution in [0.1, 0.15) is 52.6 Å². The van der Waals surface area contributed by atoms with Crippen molar-refractivity contribution in [2.45, 2.75) is 71.2 Å². The number of imidazole rings is 1. The highest BCUT2D eigenvalue weighted by Gasteiger charge is 2.50. The van der Waals surface area contributed by atoms with Crippen molar-refractivity contribution >= 4 is 58.6 Å². The fraction of sp³-hybridized carbons (Fsp3) is 0.516. The third-order valence-electron chi connectivity index (χ3n) is 7.85. The molecule has 0 spiro atoms. The molecule has 2 saturated heterocycles. The lowest BCUT2D eigenvalue weighted by atomic mass is 10.1. The first kappa shape index (κ1) is 35.7. The fourth-order valence-electron chi connectivity index (χ4n) is 5.52. The van der Waals surface area contributed by atoms with E-state index in [1.807, 2.05) is 33.8 Å². The number of thiocarbonyl (C=S) groups is 1. The smallest absolute Gasteiger partial charge is 0.277 e. The molecule has 3 aromatic rings. The van der Waals surface area contributed by atoms with E-state index in [2.05, 4.69) is 37.0 Å². The number of carbonyl (C=O) groups excluding carboxylic acids is 1. The molecule has 5 rings (SSSR count). The highest BCUT2D eigenvalue weighted by Crippen LogP contribution is 2.50. The summed E-state index contributed by atoms with van der Waals surface area (Å²) in [7, 11) is -4.96. The number of aromatic nitrogens is 4. The Balaban J connectivity index is 1.51. The van der Waals surface area contributed by atoms with Crippen molar-refractivity contribution in [3.05, 3.63) is 61.2 Å². The number of hydrogen-bond donors (Lipinski definition) is 2. The average Bonchev–Trinajstić information content (AvgIpc) is 3.66. The second kappa shape index (κ2) is 16.2. The number of benzene rings is 1. The van der Waals surface area contributed by atoms with Crippen LogP contribution in [0.3, 0.4) is 0 Å². The largest absolute Gasteiger partial charge is 0.460 e. The van der Waals surface area contributed by atoms with Crippen molar-refractivity contribution in [1.82, 2.24) is 34.6 Å². The van der Waals surface area contributed by atoms with E-state index in [-0.39, 0.29) is 60.5 Å². The van der Waals surface area contributed by atoms with Gasteiger partial charge in [-0.3, -0.25) is 9.36 Å². The molecule has 2 N–H and O–H groups in total. The predicted octanol–water partition coefficient (Wildman–Crippen LogP) is 3.83. The van der Waals surface area contributed by atoms with Gasteiger partial charge in [-0.2, -0.15) is 5.48 Å². The van der Waals surface area contributed by atoms with Gasteiger partial charge >= 0.3 is 0 Å². The maximum absolute atomic E-state index is 13.0. The van der Waals surface area contributed by atoms with E-state index in [0.29, 0.717) is 23.3 Å². The van der Waals surface area contributed by atoms with Crippen LogP contribution in [0.15, 0.2) is 55.6 Å². The van der Waals surface area contributed by atoms with Gasteiger partial charge in [-0.1, -0.05) is 24.3 Å². The zero-order chi connectivity index (χ0) is 36.0. The van der Waals surface area contributed by atoms with Gasteiger partial charge in [-0.05, 0) is 58.9 Å². The standard InChI is InChI=1S/C31H43N8O7PS2/c1-7-13-35-46-47(39(20(2)3)21(4)5)45-25-22(6)43-30(26(25)44-31(48)37-14-16-49(41,42)17-15-37)38-19-34-24-27(32-18-33-28(24)38)36-29(40)23-11-9-8-10-12-23/h7-12,18-22,25-26,30,35H,1,13-17H2,2-6H3,(H,32,33,36,40)/t22-,25?,26+,30-,47?/m1/s1/i6D. The third-order valence-corrected chi connectivity index (χ3v) is 11.8. The maximum atomic E-state index is 13.0. The fourth-order valence-corrected chi connectivity index (χ4v) is 8.67. The summed E-state index contributed by atoms with van der Waals surface area (Å²) < 4.78 is 62.3.